The number of ether oxygens (including phenoxy) is 1. The van der Waals surface area contributed by atoms with Gasteiger partial charge in [-0.2, -0.15) is 18.6 Å². The molecule has 1 saturated carbocycles. The predicted octanol–water partition coefficient (Wildman–Crippen LogP) is 3.51. The number of amides is 2. The standard InChI is InChI=1S/C24H27F2N7O3/c1-13(2)32(4)23(35)19-10-20(28-11-27-19)33-21(29-12-30-33)14(3)31-22(34)17-7-16(15-5-6-15)8-18(9-17)36-24(25)26/h7-15,24H,5-6H2,1-4H3,(H,31,34)/t14-/m0/s1. The van der Waals surface area contributed by atoms with Crippen molar-refractivity contribution in [2.45, 2.75) is 58.2 Å². The van der Waals surface area contributed by atoms with Crippen LogP contribution >= 0.6 is 0 Å². The number of alkyl halides is 2. The number of aromatic nitrogens is 5. The second-order valence-electron chi connectivity index (χ2n) is 8.94. The lowest BCUT2D eigenvalue weighted by molar-refractivity contribution is -0.0499. The van der Waals surface area contributed by atoms with Crippen molar-refractivity contribution < 1.29 is 23.1 Å². The maximum absolute atomic E-state index is 13.0. The highest BCUT2D eigenvalue weighted by Crippen LogP contribution is 2.41. The van der Waals surface area contributed by atoms with Gasteiger partial charge < -0.3 is 15.0 Å². The Morgan fingerprint density at radius 1 is 1.08 bits per heavy atom. The molecule has 1 N–H and O–H groups in total. The zero-order valence-electron chi connectivity index (χ0n) is 20.4. The lowest BCUT2D eigenvalue weighted by Crippen LogP contribution is -2.33. The fraction of sp³-hybridized carbons (Fsp3) is 0.417. The van der Waals surface area contributed by atoms with Crippen molar-refractivity contribution in [1.82, 2.24) is 34.9 Å². The summed E-state index contributed by atoms with van der Waals surface area (Å²) in [6.07, 6.45) is 4.45. The lowest BCUT2D eigenvalue weighted by Gasteiger charge is -2.21. The van der Waals surface area contributed by atoms with Gasteiger partial charge in [0.15, 0.2) is 11.6 Å². The van der Waals surface area contributed by atoms with E-state index in [9.17, 15) is 18.4 Å². The van der Waals surface area contributed by atoms with Crippen molar-refractivity contribution in [3.63, 3.8) is 0 Å². The minimum Gasteiger partial charge on any atom is -0.435 e. The molecule has 190 valence electrons. The summed E-state index contributed by atoms with van der Waals surface area (Å²) in [6.45, 7) is 2.50. The Hall–Kier alpha value is -3.96. The summed E-state index contributed by atoms with van der Waals surface area (Å²) in [5.74, 6) is 0.106. The molecule has 1 aliphatic rings. The zero-order valence-corrected chi connectivity index (χ0v) is 20.4. The van der Waals surface area contributed by atoms with E-state index in [-0.39, 0.29) is 34.9 Å². The number of nitrogens with one attached hydrogen (secondary N) is 1. The molecule has 4 rings (SSSR count). The van der Waals surface area contributed by atoms with Crippen LogP contribution in [0.5, 0.6) is 5.75 Å². The second kappa shape index (κ2) is 10.3. The first-order valence-electron chi connectivity index (χ1n) is 11.5. The summed E-state index contributed by atoms with van der Waals surface area (Å²) in [7, 11) is 1.68. The number of nitrogens with zero attached hydrogens (tertiary/aromatic N) is 6. The molecular weight excluding hydrogens is 472 g/mol. The largest absolute Gasteiger partial charge is 0.435 e. The van der Waals surface area contributed by atoms with Gasteiger partial charge in [0.25, 0.3) is 11.8 Å². The maximum Gasteiger partial charge on any atom is 0.387 e. The molecule has 0 aliphatic heterocycles. The van der Waals surface area contributed by atoms with E-state index in [0.717, 1.165) is 18.4 Å². The number of halogens is 2. The van der Waals surface area contributed by atoms with Gasteiger partial charge in [0, 0.05) is 24.7 Å². The number of rotatable bonds is 9. The average molecular weight is 500 g/mol. The number of carbonyl (C=O) groups excluding carboxylic acids is 2. The summed E-state index contributed by atoms with van der Waals surface area (Å²) < 4.78 is 31.5. The highest BCUT2D eigenvalue weighted by Gasteiger charge is 2.27. The van der Waals surface area contributed by atoms with Gasteiger partial charge in [0.2, 0.25) is 0 Å². The third kappa shape index (κ3) is 5.64. The van der Waals surface area contributed by atoms with Gasteiger partial charge in [-0.25, -0.2) is 15.0 Å². The van der Waals surface area contributed by atoms with Crippen LogP contribution in [0, 0.1) is 0 Å². The Morgan fingerprint density at radius 3 is 2.50 bits per heavy atom. The van der Waals surface area contributed by atoms with Gasteiger partial charge in [-0.3, -0.25) is 9.59 Å². The molecule has 3 aromatic rings. The van der Waals surface area contributed by atoms with Crippen LogP contribution in [0.25, 0.3) is 5.82 Å². The molecule has 0 saturated heterocycles. The molecule has 1 fully saturated rings. The first-order valence-corrected chi connectivity index (χ1v) is 11.5. The van der Waals surface area contributed by atoms with E-state index in [4.69, 9.17) is 0 Å². The Labute approximate surface area is 206 Å². The number of carbonyl (C=O) groups is 2. The predicted molar refractivity (Wildman–Crippen MR) is 125 cm³/mol. The van der Waals surface area contributed by atoms with E-state index < -0.39 is 18.6 Å². The molecule has 10 nitrogen and oxygen atoms in total. The molecule has 2 heterocycles. The maximum atomic E-state index is 13.0. The van der Waals surface area contributed by atoms with E-state index in [2.05, 4.69) is 30.1 Å². The molecule has 0 unspecified atom stereocenters. The molecule has 0 radical (unpaired) electrons. The summed E-state index contributed by atoms with van der Waals surface area (Å²) in [5, 5.41) is 7.02. The minimum absolute atomic E-state index is 0.0156. The van der Waals surface area contributed by atoms with Gasteiger partial charge >= 0.3 is 6.61 Å². The first kappa shape index (κ1) is 25.1. The molecular formula is C24H27F2N7O3. The SMILES string of the molecule is CC(C)N(C)C(=O)c1cc(-n2ncnc2[C@H](C)NC(=O)c2cc(OC(F)F)cc(C3CC3)c2)ncn1. The van der Waals surface area contributed by atoms with Crippen molar-refractivity contribution in [1.29, 1.82) is 0 Å². The van der Waals surface area contributed by atoms with E-state index in [1.54, 1.807) is 31.0 Å². The lowest BCUT2D eigenvalue weighted by atomic mass is 10.1. The molecule has 2 amide bonds. The molecule has 0 spiro atoms. The molecule has 0 bridgehead atoms. The van der Waals surface area contributed by atoms with Crippen molar-refractivity contribution in [2.75, 3.05) is 7.05 Å². The topological polar surface area (TPSA) is 115 Å². The van der Waals surface area contributed by atoms with Crippen LogP contribution in [0.15, 0.2) is 36.9 Å². The second-order valence-corrected chi connectivity index (χ2v) is 8.94. The third-order valence-electron chi connectivity index (χ3n) is 5.96. The Balaban J connectivity index is 1.55. The highest BCUT2D eigenvalue weighted by molar-refractivity contribution is 5.95. The highest BCUT2D eigenvalue weighted by atomic mass is 19.3. The Bertz CT molecular complexity index is 1260. The Kier molecular flexibility index (Phi) is 7.22. The van der Waals surface area contributed by atoms with Gasteiger partial charge in [-0.05, 0) is 63.3 Å². The van der Waals surface area contributed by atoms with Gasteiger partial charge in [0.05, 0.1) is 6.04 Å². The van der Waals surface area contributed by atoms with Crippen LogP contribution < -0.4 is 10.1 Å². The van der Waals surface area contributed by atoms with E-state index in [1.807, 2.05) is 13.8 Å². The monoisotopic (exact) mass is 499 g/mol. The Morgan fingerprint density at radius 2 is 1.83 bits per heavy atom. The van der Waals surface area contributed by atoms with Crippen LogP contribution in [-0.4, -0.2) is 61.1 Å². The van der Waals surface area contributed by atoms with Gasteiger partial charge in [0.1, 0.15) is 24.1 Å². The summed E-state index contributed by atoms with van der Waals surface area (Å²) in [5.41, 5.74) is 1.19. The quantitative estimate of drug-likeness (QED) is 0.479. The summed E-state index contributed by atoms with van der Waals surface area (Å²) in [4.78, 5) is 39.8. The number of benzene rings is 1. The van der Waals surface area contributed by atoms with Crippen molar-refractivity contribution >= 4 is 11.8 Å². The van der Waals surface area contributed by atoms with Crippen LogP contribution in [0.1, 0.15) is 77.8 Å². The molecule has 1 aromatic carbocycles. The van der Waals surface area contributed by atoms with E-state index in [0.29, 0.717) is 11.6 Å². The molecule has 1 aliphatic carbocycles. The van der Waals surface area contributed by atoms with Crippen LogP contribution in [-0.2, 0) is 0 Å². The summed E-state index contributed by atoms with van der Waals surface area (Å²) >= 11 is 0. The molecule has 12 heteroatoms. The fourth-order valence-electron chi connectivity index (χ4n) is 3.64. The van der Waals surface area contributed by atoms with E-state index >= 15 is 0 Å². The minimum atomic E-state index is -2.99. The van der Waals surface area contributed by atoms with Gasteiger partial charge in [-0.1, -0.05) is 0 Å². The van der Waals surface area contributed by atoms with E-state index in [1.165, 1.54) is 29.5 Å². The smallest absolute Gasteiger partial charge is 0.387 e. The average Bonchev–Trinajstić information content (AvgIpc) is 3.58. The molecule has 1 atom stereocenters. The zero-order chi connectivity index (χ0) is 26.0. The molecule has 36 heavy (non-hydrogen) atoms. The van der Waals surface area contributed by atoms with Gasteiger partial charge in [-0.15, -0.1) is 0 Å². The fourth-order valence-corrected chi connectivity index (χ4v) is 3.64. The molecule has 2 aromatic heterocycles. The van der Waals surface area contributed by atoms with Crippen molar-refractivity contribution in [3.05, 3.63) is 59.6 Å². The van der Waals surface area contributed by atoms with Crippen molar-refractivity contribution in [2.24, 2.45) is 0 Å². The number of hydrogen-bond donors (Lipinski definition) is 1. The third-order valence-corrected chi connectivity index (χ3v) is 5.96. The number of hydrogen-bond acceptors (Lipinski definition) is 7. The summed E-state index contributed by atoms with van der Waals surface area (Å²) in [6, 6.07) is 5.38. The normalized spacial score (nSPS) is 14.1. The van der Waals surface area contributed by atoms with Crippen LogP contribution in [0.4, 0.5) is 8.78 Å². The van der Waals surface area contributed by atoms with Crippen LogP contribution in [0.2, 0.25) is 0 Å². The van der Waals surface area contributed by atoms with Crippen molar-refractivity contribution in [3.8, 4) is 11.6 Å². The van der Waals surface area contributed by atoms with Crippen LogP contribution in [0.3, 0.4) is 0 Å². The first-order chi connectivity index (χ1) is 17.1.